The Morgan fingerprint density at radius 3 is 2.36 bits per heavy atom. The fraction of sp³-hybridized carbons (Fsp3) is 0.381. The lowest BCUT2D eigenvalue weighted by Gasteiger charge is -2.38. The zero-order chi connectivity index (χ0) is 20.3. The molecule has 0 bridgehead atoms. The Labute approximate surface area is 162 Å². The number of carbonyl (C=O) groups excluding carboxylic acids is 1. The van der Waals surface area contributed by atoms with Gasteiger partial charge in [-0.1, -0.05) is 18.2 Å². The van der Waals surface area contributed by atoms with Crippen LogP contribution < -0.4 is 9.64 Å². The number of hydrogen-bond donors (Lipinski definition) is 0. The van der Waals surface area contributed by atoms with Crippen molar-refractivity contribution >= 4 is 11.5 Å². The second-order valence-electron chi connectivity index (χ2n) is 6.84. The Kier molecular flexibility index (Phi) is 5.93. The van der Waals surface area contributed by atoms with E-state index in [4.69, 9.17) is 4.74 Å². The lowest BCUT2D eigenvalue weighted by molar-refractivity contribution is -0.137. The van der Waals surface area contributed by atoms with Crippen molar-refractivity contribution in [2.45, 2.75) is 19.1 Å². The fourth-order valence-electron chi connectivity index (χ4n) is 3.43. The Balaban J connectivity index is 1.64. The number of anilines is 1. The van der Waals surface area contributed by atoms with E-state index >= 15 is 0 Å². The second kappa shape index (κ2) is 8.22. The van der Waals surface area contributed by atoms with E-state index < -0.39 is 11.7 Å². The van der Waals surface area contributed by atoms with Gasteiger partial charge >= 0.3 is 6.18 Å². The standard InChI is InChI=1S/C21H23F3N2O2/c1-15(20(27)16-5-3-8-19(13-16)28-2)25-9-11-26(12-10-25)18-7-4-6-17(14-18)21(22,23)24/h3-8,13-15H,9-12H2,1-2H3. The molecule has 7 heteroatoms. The summed E-state index contributed by atoms with van der Waals surface area (Å²) in [7, 11) is 1.56. The topological polar surface area (TPSA) is 32.8 Å². The Morgan fingerprint density at radius 1 is 1.04 bits per heavy atom. The molecule has 4 nitrogen and oxygen atoms in total. The number of benzene rings is 2. The maximum absolute atomic E-state index is 12.9. The van der Waals surface area contributed by atoms with Crippen LogP contribution in [0.4, 0.5) is 18.9 Å². The Bertz CT molecular complexity index is 830. The summed E-state index contributed by atoms with van der Waals surface area (Å²) in [5.41, 5.74) is 0.502. The number of ketones is 1. The van der Waals surface area contributed by atoms with Crippen molar-refractivity contribution in [1.29, 1.82) is 0 Å². The summed E-state index contributed by atoms with van der Waals surface area (Å²) in [6.45, 7) is 4.20. The number of nitrogens with zero attached hydrogens (tertiary/aromatic N) is 2. The molecular formula is C21H23F3N2O2. The molecule has 1 fully saturated rings. The van der Waals surface area contributed by atoms with Crippen LogP contribution in [0.2, 0.25) is 0 Å². The van der Waals surface area contributed by atoms with Crippen molar-refractivity contribution in [3.63, 3.8) is 0 Å². The van der Waals surface area contributed by atoms with E-state index in [1.54, 1.807) is 37.4 Å². The van der Waals surface area contributed by atoms with Crippen molar-refractivity contribution in [1.82, 2.24) is 4.90 Å². The summed E-state index contributed by atoms with van der Waals surface area (Å²) >= 11 is 0. The van der Waals surface area contributed by atoms with Crippen molar-refractivity contribution in [2.24, 2.45) is 0 Å². The van der Waals surface area contributed by atoms with Gasteiger partial charge < -0.3 is 9.64 Å². The minimum absolute atomic E-state index is 0.00594. The normalized spacial score (nSPS) is 16.7. The summed E-state index contributed by atoms with van der Waals surface area (Å²) in [5, 5.41) is 0. The van der Waals surface area contributed by atoms with Gasteiger partial charge in [-0.25, -0.2) is 0 Å². The van der Waals surface area contributed by atoms with Crippen LogP contribution in [0.1, 0.15) is 22.8 Å². The molecule has 1 saturated heterocycles. The van der Waals surface area contributed by atoms with Gasteiger partial charge in [0.15, 0.2) is 5.78 Å². The molecule has 0 radical (unpaired) electrons. The lowest BCUT2D eigenvalue weighted by atomic mass is 10.0. The summed E-state index contributed by atoms with van der Waals surface area (Å²) in [4.78, 5) is 16.8. The highest BCUT2D eigenvalue weighted by Crippen LogP contribution is 2.32. The number of alkyl halides is 3. The van der Waals surface area contributed by atoms with Crippen LogP contribution in [-0.2, 0) is 6.18 Å². The van der Waals surface area contributed by atoms with Gasteiger partial charge in [0.25, 0.3) is 0 Å². The first kappa shape index (κ1) is 20.2. The third kappa shape index (κ3) is 4.47. The molecule has 28 heavy (non-hydrogen) atoms. The average molecular weight is 392 g/mol. The fourth-order valence-corrected chi connectivity index (χ4v) is 3.43. The van der Waals surface area contributed by atoms with E-state index in [2.05, 4.69) is 4.90 Å². The largest absolute Gasteiger partial charge is 0.497 e. The van der Waals surface area contributed by atoms with Gasteiger partial charge in [0.2, 0.25) is 0 Å². The monoisotopic (exact) mass is 392 g/mol. The van der Waals surface area contributed by atoms with Crippen molar-refractivity contribution in [3.05, 3.63) is 59.7 Å². The molecule has 0 aliphatic carbocycles. The molecule has 1 unspecified atom stereocenters. The first-order valence-electron chi connectivity index (χ1n) is 9.14. The van der Waals surface area contributed by atoms with Crippen LogP contribution in [0, 0.1) is 0 Å². The molecule has 0 aromatic heterocycles. The van der Waals surface area contributed by atoms with Gasteiger partial charge in [-0.2, -0.15) is 13.2 Å². The van der Waals surface area contributed by atoms with E-state index in [0.29, 0.717) is 43.2 Å². The van der Waals surface area contributed by atoms with Crippen LogP contribution in [0.3, 0.4) is 0 Å². The number of halogens is 3. The molecular weight excluding hydrogens is 369 g/mol. The number of carbonyl (C=O) groups is 1. The number of piperazine rings is 1. The molecule has 0 spiro atoms. The molecule has 2 aromatic carbocycles. The van der Waals surface area contributed by atoms with Crippen molar-refractivity contribution in [3.8, 4) is 5.75 Å². The van der Waals surface area contributed by atoms with Gasteiger partial charge in [0.1, 0.15) is 5.75 Å². The molecule has 0 amide bonds. The number of hydrogen-bond acceptors (Lipinski definition) is 4. The molecule has 0 N–H and O–H groups in total. The van der Waals surface area contributed by atoms with E-state index in [9.17, 15) is 18.0 Å². The predicted molar refractivity (Wildman–Crippen MR) is 102 cm³/mol. The van der Waals surface area contributed by atoms with Gasteiger partial charge in [0, 0.05) is 37.4 Å². The third-order valence-corrected chi connectivity index (χ3v) is 5.13. The van der Waals surface area contributed by atoms with Crippen LogP contribution in [0.25, 0.3) is 0 Å². The minimum atomic E-state index is -4.35. The highest BCUT2D eigenvalue weighted by molar-refractivity contribution is 6.00. The molecule has 0 saturated carbocycles. The van der Waals surface area contributed by atoms with E-state index in [1.165, 1.54) is 12.1 Å². The average Bonchev–Trinajstić information content (AvgIpc) is 2.72. The second-order valence-corrected chi connectivity index (χ2v) is 6.84. The summed E-state index contributed by atoms with van der Waals surface area (Å²) < 4.78 is 44.0. The summed E-state index contributed by atoms with van der Waals surface area (Å²) in [6.07, 6.45) is -4.35. The lowest BCUT2D eigenvalue weighted by Crippen LogP contribution is -2.51. The maximum atomic E-state index is 12.9. The smallest absolute Gasteiger partial charge is 0.416 e. The Morgan fingerprint density at radius 2 is 1.71 bits per heavy atom. The van der Waals surface area contributed by atoms with Gasteiger partial charge in [-0.15, -0.1) is 0 Å². The molecule has 3 rings (SSSR count). The molecule has 1 aliphatic rings. The highest BCUT2D eigenvalue weighted by atomic mass is 19.4. The van der Waals surface area contributed by atoms with Gasteiger partial charge in [-0.05, 0) is 37.3 Å². The number of Topliss-reactive ketones (excluding diaryl/α,β-unsaturated/α-hetero) is 1. The molecule has 2 aromatic rings. The van der Waals surface area contributed by atoms with Crippen molar-refractivity contribution < 1.29 is 22.7 Å². The third-order valence-electron chi connectivity index (χ3n) is 5.13. The molecule has 1 aliphatic heterocycles. The van der Waals surface area contributed by atoms with E-state index in [-0.39, 0.29) is 11.8 Å². The molecule has 1 atom stereocenters. The van der Waals surface area contributed by atoms with Crippen LogP contribution in [-0.4, -0.2) is 50.0 Å². The Hall–Kier alpha value is -2.54. The van der Waals surface area contributed by atoms with Crippen LogP contribution in [0.15, 0.2) is 48.5 Å². The number of rotatable bonds is 5. The van der Waals surface area contributed by atoms with E-state index in [0.717, 1.165) is 6.07 Å². The quantitative estimate of drug-likeness (QED) is 0.717. The highest BCUT2D eigenvalue weighted by Gasteiger charge is 2.31. The maximum Gasteiger partial charge on any atom is 0.416 e. The van der Waals surface area contributed by atoms with Crippen molar-refractivity contribution in [2.75, 3.05) is 38.2 Å². The first-order chi connectivity index (χ1) is 13.3. The molecule has 150 valence electrons. The minimum Gasteiger partial charge on any atom is -0.497 e. The first-order valence-corrected chi connectivity index (χ1v) is 9.14. The van der Waals surface area contributed by atoms with Gasteiger partial charge in [0.05, 0.1) is 18.7 Å². The van der Waals surface area contributed by atoms with Gasteiger partial charge in [-0.3, -0.25) is 9.69 Å². The number of ether oxygens (including phenoxy) is 1. The molecule has 1 heterocycles. The van der Waals surface area contributed by atoms with Crippen LogP contribution in [0.5, 0.6) is 5.75 Å². The summed E-state index contributed by atoms with van der Waals surface area (Å²) in [6, 6.07) is 12.1. The van der Waals surface area contributed by atoms with E-state index in [1.807, 2.05) is 11.8 Å². The van der Waals surface area contributed by atoms with Crippen LogP contribution >= 0.6 is 0 Å². The summed E-state index contributed by atoms with van der Waals surface area (Å²) in [5.74, 6) is 0.638. The number of methoxy groups -OCH3 is 1. The predicted octanol–water partition coefficient (Wildman–Crippen LogP) is 4.11. The zero-order valence-corrected chi connectivity index (χ0v) is 15.9. The SMILES string of the molecule is COc1cccc(C(=O)C(C)N2CCN(c3cccc(C(F)(F)F)c3)CC2)c1. The zero-order valence-electron chi connectivity index (χ0n) is 15.9.